The highest BCUT2D eigenvalue weighted by molar-refractivity contribution is 6.41. The molecular weight excluding hydrogens is 378 g/mol. The van der Waals surface area contributed by atoms with Crippen molar-refractivity contribution in [1.82, 2.24) is 14.9 Å². The molecule has 3 aromatic rings. The fourth-order valence-corrected chi connectivity index (χ4v) is 3.74. The molecule has 0 saturated carbocycles. The number of aromatic amines is 1. The van der Waals surface area contributed by atoms with E-state index in [4.69, 9.17) is 5.26 Å². The molecule has 4 rings (SSSR count). The number of carbonyl (C=O) groups excluding carboxylic acids is 2. The summed E-state index contributed by atoms with van der Waals surface area (Å²) in [5, 5.41) is 9.02. The Morgan fingerprint density at radius 3 is 2.43 bits per heavy atom. The van der Waals surface area contributed by atoms with Crippen molar-refractivity contribution in [3.05, 3.63) is 83.4 Å². The van der Waals surface area contributed by atoms with Crippen LogP contribution < -0.4 is 4.90 Å². The third kappa shape index (κ3) is 3.80. The summed E-state index contributed by atoms with van der Waals surface area (Å²) >= 11 is 0. The van der Waals surface area contributed by atoms with Crippen LogP contribution in [0, 0.1) is 18.3 Å². The first-order valence-corrected chi connectivity index (χ1v) is 9.75. The number of nitrogens with one attached hydrogen (secondary N) is 1. The monoisotopic (exact) mass is 399 g/mol. The molecule has 0 spiro atoms. The zero-order chi connectivity index (χ0) is 21.1. The molecule has 1 fully saturated rings. The highest BCUT2D eigenvalue weighted by Gasteiger charge is 2.38. The maximum absolute atomic E-state index is 13.1. The molecule has 1 saturated heterocycles. The number of imidazole rings is 1. The Bertz CT molecular complexity index is 1100. The number of H-pyrrole nitrogens is 1. The van der Waals surface area contributed by atoms with Gasteiger partial charge in [0.1, 0.15) is 5.82 Å². The summed E-state index contributed by atoms with van der Waals surface area (Å²) in [6, 6.07) is 18.2. The van der Waals surface area contributed by atoms with Crippen molar-refractivity contribution in [2.75, 3.05) is 18.0 Å². The standard InChI is InChI=1S/C23H21N5O2/c1-16-25-15-20(26-16)21(13-17-7-9-18(14-24)10-8-17)28-12-11-27(22(29)23(28)30)19-5-3-2-4-6-19/h2-10,15,21H,11-13H2,1H3,(H,25,26). The minimum Gasteiger partial charge on any atom is -0.344 e. The number of nitriles is 1. The molecule has 2 amide bonds. The van der Waals surface area contributed by atoms with Crippen molar-refractivity contribution >= 4 is 17.5 Å². The van der Waals surface area contributed by atoms with E-state index in [9.17, 15) is 9.59 Å². The molecule has 1 atom stereocenters. The summed E-state index contributed by atoms with van der Waals surface area (Å²) in [6.45, 7) is 2.69. The number of amides is 2. The maximum atomic E-state index is 13.1. The highest BCUT2D eigenvalue weighted by atomic mass is 16.2. The summed E-state index contributed by atoms with van der Waals surface area (Å²) in [5.41, 5.74) is 3.05. The molecule has 1 aromatic heterocycles. The van der Waals surface area contributed by atoms with E-state index in [1.54, 1.807) is 23.2 Å². The average Bonchev–Trinajstić information content (AvgIpc) is 3.21. The molecule has 1 aliphatic heterocycles. The van der Waals surface area contributed by atoms with Gasteiger partial charge in [-0.15, -0.1) is 0 Å². The minimum absolute atomic E-state index is 0.353. The minimum atomic E-state index is -0.534. The lowest BCUT2D eigenvalue weighted by molar-refractivity contribution is -0.148. The second-order valence-corrected chi connectivity index (χ2v) is 7.24. The van der Waals surface area contributed by atoms with Gasteiger partial charge in [0.25, 0.3) is 0 Å². The summed E-state index contributed by atoms with van der Waals surface area (Å²) in [4.78, 5) is 36.6. The first-order chi connectivity index (χ1) is 14.6. The largest absolute Gasteiger partial charge is 0.344 e. The van der Waals surface area contributed by atoms with Crippen molar-refractivity contribution in [2.45, 2.75) is 19.4 Å². The van der Waals surface area contributed by atoms with Crippen molar-refractivity contribution in [3.8, 4) is 6.07 Å². The summed E-state index contributed by atoms with van der Waals surface area (Å²) in [6.07, 6.45) is 2.22. The lowest BCUT2D eigenvalue weighted by atomic mass is 10.00. The van der Waals surface area contributed by atoms with Crippen LogP contribution in [0.25, 0.3) is 0 Å². The molecule has 0 bridgehead atoms. The highest BCUT2D eigenvalue weighted by Crippen LogP contribution is 2.28. The van der Waals surface area contributed by atoms with E-state index in [0.29, 0.717) is 25.1 Å². The van der Waals surface area contributed by atoms with Gasteiger partial charge in [-0.1, -0.05) is 30.3 Å². The van der Waals surface area contributed by atoms with Crippen molar-refractivity contribution in [2.24, 2.45) is 0 Å². The predicted molar refractivity (Wildman–Crippen MR) is 111 cm³/mol. The fourth-order valence-electron chi connectivity index (χ4n) is 3.74. The molecular formula is C23H21N5O2. The molecule has 7 heteroatoms. The van der Waals surface area contributed by atoms with Crippen LogP contribution in [0.1, 0.15) is 28.7 Å². The lowest BCUT2D eigenvalue weighted by Crippen LogP contribution is -2.55. The number of nitrogens with zero attached hydrogens (tertiary/aromatic N) is 4. The lowest BCUT2D eigenvalue weighted by Gasteiger charge is -2.38. The van der Waals surface area contributed by atoms with Crippen LogP contribution in [0.15, 0.2) is 60.8 Å². The van der Waals surface area contributed by atoms with E-state index < -0.39 is 11.8 Å². The quantitative estimate of drug-likeness (QED) is 0.668. The average molecular weight is 399 g/mol. The van der Waals surface area contributed by atoms with E-state index in [1.807, 2.05) is 49.4 Å². The van der Waals surface area contributed by atoms with Gasteiger partial charge in [0.05, 0.1) is 29.6 Å². The third-order valence-corrected chi connectivity index (χ3v) is 5.29. The number of carbonyl (C=O) groups is 2. The van der Waals surface area contributed by atoms with E-state index >= 15 is 0 Å². The zero-order valence-electron chi connectivity index (χ0n) is 16.6. The van der Waals surface area contributed by atoms with Gasteiger partial charge < -0.3 is 14.8 Å². The number of rotatable bonds is 5. The molecule has 0 aliphatic carbocycles. The molecule has 1 N–H and O–H groups in total. The Kier molecular flexibility index (Phi) is 5.31. The van der Waals surface area contributed by atoms with Gasteiger partial charge in [0.2, 0.25) is 0 Å². The first-order valence-electron chi connectivity index (χ1n) is 9.75. The van der Waals surface area contributed by atoms with Crippen LogP contribution in [-0.2, 0) is 16.0 Å². The van der Waals surface area contributed by atoms with Crippen LogP contribution in [0.5, 0.6) is 0 Å². The third-order valence-electron chi connectivity index (χ3n) is 5.29. The van der Waals surface area contributed by atoms with Crippen LogP contribution in [0.3, 0.4) is 0 Å². The Labute approximate surface area is 174 Å². The predicted octanol–water partition coefficient (Wildman–Crippen LogP) is 2.75. The number of aryl methyl sites for hydroxylation is 1. The number of aromatic nitrogens is 2. The number of para-hydroxylation sites is 1. The van der Waals surface area contributed by atoms with E-state index in [-0.39, 0.29) is 6.04 Å². The van der Waals surface area contributed by atoms with E-state index in [1.165, 1.54) is 4.90 Å². The number of hydrogen-bond acceptors (Lipinski definition) is 4. The van der Waals surface area contributed by atoms with Crippen LogP contribution in [0.4, 0.5) is 5.69 Å². The van der Waals surface area contributed by atoms with Gasteiger partial charge in [-0.25, -0.2) is 4.98 Å². The van der Waals surface area contributed by atoms with Gasteiger partial charge in [-0.05, 0) is 43.2 Å². The van der Waals surface area contributed by atoms with Gasteiger partial charge in [-0.3, -0.25) is 9.59 Å². The van der Waals surface area contributed by atoms with Crippen LogP contribution in [-0.4, -0.2) is 39.8 Å². The SMILES string of the molecule is Cc1ncc(C(Cc2ccc(C#N)cc2)N2CCN(c3ccccc3)C(=O)C2=O)[nH]1. The van der Waals surface area contributed by atoms with Gasteiger partial charge in [0.15, 0.2) is 0 Å². The molecule has 0 radical (unpaired) electrons. The first kappa shape index (κ1) is 19.4. The van der Waals surface area contributed by atoms with E-state index in [2.05, 4.69) is 16.0 Å². The molecule has 2 heterocycles. The van der Waals surface area contributed by atoms with E-state index in [0.717, 1.165) is 22.8 Å². The molecule has 7 nitrogen and oxygen atoms in total. The number of benzene rings is 2. The number of piperazine rings is 1. The smallest absolute Gasteiger partial charge is 0.316 e. The summed E-state index contributed by atoms with van der Waals surface area (Å²) in [5.74, 6) is -0.318. The molecule has 1 aliphatic rings. The summed E-state index contributed by atoms with van der Waals surface area (Å²) < 4.78 is 0. The Morgan fingerprint density at radius 1 is 1.07 bits per heavy atom. The second kappa shape index (κ2) is 8.21. The van der Waals surface area contributed by atoms with Crippen LogP contribution >= 0.6 is 0 Å². The molecule has 30 heavy (non-hydrogen) atoms. The van der Waals surface area contributed by atoms with Gasteiger partial charge >= 0.3 is 11.8 Å². The van der Waals surface area contributed by atoms with Crippen molar-refractivity contribution < 1.29 is 9.59 Å². The Morgan fingerprint density at radius 2 is 1.80 bits per heavy atom. The van der Waals surface area contributed by atoms with Crippen LogP contribution in [0.2, 0.25) is 0 Å². The Hall–Kier alpha value is -3.92. The Balaban J connectivity index is 1.61. The molecule has 1 unspecified atom stereocenters. The number of anilines is 1. The second-order valence-electron chi connectivity index (χ2n) is 7.24. The van der Waals surface area contributed by atoms with Gasteiger partial charge in [-0.2, -0.15) is 5.26 Å². The molecule has 2 aromatic carbocycles. The molecule has 150 valence electrons. The normalized spacial score (nSPS) is 15.2. The zero-order valence-corrected chi connectivity index (χ0v) is 16.6. The summed E-state index contributed by atoms with van der Waals surface area (Å²) in [7, 11) is 0. The van der Waals surface area contributed by atoms with Crippen molar-refractivity contribution in [3.63, 3.8) is 0 Å². The van der Waals surface area contributed by atoms with Gasteiger partial charge in [0, 0.05) is 18.8 Å². The topological polar surface area (TPSA) is 93.1 Å². The van der Waals surface area contributed by atoms with Crippen molar-refractivity contribution in [1.29, 1.82) is 5.26 Å². The maximum Gasteiger partial charge on any atom is 0.316 e. The fraction of sp³-hybridized carbons (Fsp3) is 0.217. The number of hydrogen-bond donors (Lipinski definition) is 1.